The summed E-state index contributed by atoms with van der Waals surface area (Å²) >= 11 is 5.60. The van der Waals surface area contributed by atoms with Gasteiger partial charge in [0.25, 0.3) is 0 Å². The van der Waals surface area contributed by atoms with Crippen LogP contribution in [0.1, 0.15) is 12.5 Å². The average molecular weight is 281 g/mol. The summed E-state index contributed by atoms with van der Waals surface area (Å²) in [7, 11) is 0. The molecule has 0 saturated heterocycles. The van der Waals surface area contributed by atoms with Crippen LogP contribution in [0.2, 0.25) is 5.02 Å². The van der Waals surface area contributed by atoms with Crippen molar-refractivity contribution < 1.29 is 27.8 Å². The number of carbonyl (C=O) groups is 1. The number of aliphatic carboxylic acids is 1. The monoisotopic (exact) mass is 280 g/mol. The van der Waals surface area contributed by atoms with E-state index in [9.17, 15) is 18.0 Å². The molecule has 0 amide bonds. The van der Waals surface area contributed by atoms with Crippen LogP contribution in [-0.4, -0.2) is 17.4 Å². The number of alkyl halides is 3. The van der Waals surface area contributed by atoms with Gasteiger partial charge in [0.05, 0.1) is 5.02 Å². The molecule has 1 aromatic rings. The summed E-state index contributed by atoms with van der Waals surface area (Å²) in [6.07, 6.45) is -3.54. The van der Waals surface area contributed by atoms with Crippen LogP contribution in [0.5, 0.6) is 5.75 Å². The fourth-order valence-electron chi connectivity index (χ4n) is 1.13. The van der Waals surface area contributed by atoms with Gasteiger partial charge in [-0.25, -0.2) is 4.79 Å². The zero-order chi connectivity index (χ0) is 13.9. The summed E-state index contributed by atoms with van der Waals surface area (Å²) in [6.45, 7) is 1.36. The normalized spacial score (nSPS) is 12.4. The molecule has 0 aliphatic heterocycles. The predicted molar refractivity (Wildman–Crippen MR) is 59.4 cm³/mol. The summed E-state index contributed by atoms with van der Waals surface area (Å²) in [5.74, 6) is -1.66. The average Bonchev–Trinajstić information content (AvgIpc) is 2.20. The first-order valence-electron chi connectivity index (χ1n) is 4.66. The van der Waals surface area contributed by atoms with E-state index in [-0.39, 0.29) is 10.6 Å². The van der Waals surface area contributed by atoms with E-state index in [0.29, 0.717) is 5.56 Å². The van der Waals surface area contributed by atoms with Crippen molar-refractivity contribution in [2.45, 2.75) is 13.3 Å². The number of halogens is 4. The van der Waals surface area contributed by atoms with Crippen LogP contribution >= 0.6 is 11.6 Å². The van der Waals surface area contributed by atoms with Gasteiger partial charge in [-0.3, -0.25) is 0 Å². The summed E-state index contributed by atoms with van der Waals surface area (Å²) < 4.78 is 39.6. The highest BCUT2D eigenvalue weighted by atomic mass is 35.5. The summed E-state index contributed by atoms with van der Waals surface area (Å²) in [5.41, 5.74) is 0.407. The lowest BCUT2D eigenvalue weighted by Gasteiger charge is -2.10. The molecule has 0 saturated carbocycles. The minimum absolute atomic E-state index is 0.0376. The number of hydrogen-bond donors (Lipinski definition) is 1. The number of carboxylic acids is 1. The second-order valence-corrected chi connectivity index (χ2v) is 3.78. The highest BCUT2D eigenvalue weighted by molar-refractivity contribution is 6.32. The van der Waals surface area contributed by atoms with Crippen LogP contribution in [0.15, 0.2) is 23.8 Å². The molecule has 7 heteroatoms. The van der Waals surface area contributed by atoms with Crippen molar-refractivity contribution in [3.63, 3.8) is 0 Å². The van der Waals surface area contributed by atoms with Crippen LogP contribution in [0.25, 0.3) is 6.08 Å². The van der Waals surface area contributed by atoms with E-state index < -0.39 is 18.1 Å². The van der Waals surface area contributed by atoms with Gasteiger partial charge >= 0.3 is 12.3 Å². The van der Waals surface area contributed by atoms with Crippen molar-refractivity contribution in [1.82, 2.24) is 0 Å². The van der Waals surface area contributed by atoms with Crippen LogP contribution in [0.4, 0.5) is 13.2 Å². The number of benzene rings is 1. The first-order valence-corrected chi connectivity index (χ1v) is 5.04. The molecule has 3 nitrogen and oxygen atoms in total. The lowest BCUT2D eigenvalue weighted by Crippen LogP contribution is -2.17. The smallest absolute Gasteiger partial charge is 0.478 e. The molecule has 1 aromatic carbocycles. The number of ether oxygens (including phenoxy) is 1. The van der Waals surface area contributed by atoms with E-state index in [0.717, 1.165) is 6.07 Å². The summed E-state index contributed by atoms with van der Waals surface area (Å²) in [6, 6.07) is 3.49. The fourth-order valence-corrected chi connectivity index (χ4v) is 1.35. The van der Waals surface area contributed by atoms with Crippen LogP contribution in [0.3, 0.4) is 0 Å². The van der Waals surface area contributed by atoms with E-state index in [1.54, 1.807) is 0 Å². The zero-order valence-electron chi connectivity index (χ0n) is 9.08. The molecule has 0 aliphatic carbocycles. The molecular weight excluding hydrogens is 273 g/mol. The minimum Gasteiger partial charge on any atom is -0.478 e. The standard InChI is InChI=1S/C11H8ClF3O3/c1-6(10(16)17)4-7-2-3-9(8(12)5-7)18-11(13,14)15/h2-5H,1H3,(H,16,17). The Morgan fingerprint density at radius 3 is 2.50 bits per heavy atom. The van der Waals surface area contributed by atoms with E-state index in [4.69, 9.17) is 16.7 Å². The van der Waals surface area contributed by atoms with E-state index in [2.05, 4.69) is 4.74 Å². The SMILES string of the molecule is CC(=Cc1ccc(OC(F)(F)F)c(Cl)c1)C(=O)O. The van der Waals surface area contributed by atoms with Crippen molar-refractivity contribution in [2.75, 3.05) is 0 Å². The number of rotatable bonds is 3. The third kappa shape index (κ3) is 4.29. The fraction of sp³-hybridized carbons (Fsp3) is 0.182. The van der Waals surface area contributed by atoms with Gasteiger partial charge < -0.3 is 9.84 Å². The van der Waals surface area contributed by atoms with Gasteiger partial charge in [-0.1, -0.05) is 17.7 Å². The summed E-state index contributed by atoms with van der Waals surface area (Å²) in [5, 5.41) is 8.39. The minimum atomic E-state index is -4.82. The van der Waals surface area contributed by atoms with E-state index in [1.165, 1.54) is 25.1 Å². The zero-order valence-corrected chi connectivity index (χ0v) is 9.84. The van der Waals surface area contributed by atoms with Crippen molar-refractivity contribution in [3.8, 4) is 5.75 Å². The van der Waals surface area contributed by atoms with E-state index >= 15 is 0 Å². The van der Waals surface area contributed by atoms with Crippen molar-refractivity contribution in [1.29, 1.82) is 0 Å². The van der Waals surface area contributed by atoms with Crippen molar-refractivity contribution in [2.24, 2.45) is 0 Å². The molecule has 98 valence electrons. The van der Waals surface area contributed by atoms with Crippen molar-refractivity contribution >= 4 is 23.6 Å². The molecule has 0 atom stereocenters. The Morgan fingerprint density at radius 2 is 2.06 bits per heavy atom. The highest BCUT2D eigenvalue weighted by Crippen LogP contribution is 2.31. The molecule has 0 aromatic heterocycles. The van der Waals surface area contributed by atoms with Gasteiger partial charge in [-0.15, -0.1) is 13.2 Å². The summed E-state index contributed by atoms with van der Waals surface area (Å²) in [4.78, 5) is 10.6. The highest BCUT2D eigenvalue weighted by Gasteiger charge is 2.31. The number of hydrogen-bond acceptors (Lipinski definition) is 2. The molecule has 1 rings (SSSR count). The number of carboxylic acid groups (broad SMARTS) is 1. The molecule has 0 unspecified atom stereocenters. The van der Waals surface area contributed by atoms with E-state index in [1.807, 2.05) is 0 Å². The molecule has 1 N–H and O–H groups in total. The third-order valence-corrected chi connectivity index (χ3v) is 2.20. The Bertz CT molecular complexity index is 495. The van der Waals surface area contributed by atoms with Gasteiger partial charge in [0.15, 0.2) is 0 Å². The molecular formula is C11H8ClF3O3. The maximum Gasteiger partial charge on any atom is 0.573 e. The Hall–Kier alpha value is -1.69. The topological polar surface area (TPSA) is 46.5 Å². The molecule has 0 fully saturated rings. The molecule has 0 aliphatic rings. The largest absolute Gasteiger partial charge is 0.573 e. The van der Waals surface area contributed by atoms with Gasteiger partial charge in [0, 0.05) is 5.57 Å². The van der Waals surface area contributed by atoms with Gasteiger partial charge in [0.2, 0.25) is 0 Å². The molecule has 0 heterocycles. The third-order valence-electron chi connectivity index (χ3n) is 1.90. The molecule has 0 radical (unpaired) electrons. The second kappa shape index (κ2) is 5.30. The Kier molecular flexibility index (Phi) is 4.24. The van der Waals surface area contributed by atoms with Gasteiger partial charge in [-0.2, -0.15) is 0 Å². The predicted octanol–water partition coefficient (Wildman–Crippen LogP) is 3.73. The molecule has 18 heavy (non-hydrogen) atoms. The lowest BCUT2D eigenvalue weighted by atomic mass is 10.1. The Balaban J connectivity index is 3.00. The van der Waals surface area contributed by atoms with Crippen LogP contribution in [0, 0.1) is 0 Å². The maximum absolute atomic E-state index is 12.0. The van der Waals surface area contributed by atoms with Crippen LogP contribution < -0.4 is 4.74 Å². The second-order valence-electron chi connectivity index (χ2n) is 3.37. The quantitative estimate of drug-likeness (QED) is 0.858. The first kappa shape index (κ1) is 14.4. The lowest BCUT2D eigenvalue weighted by molar-refractivity contribution is -0.274. The molecule has 0 bridgehead atoms. The van der Waals surface area contributed by atoms with Crippen LogP contribution in [-0.2, 0) is 4.79 Å². The Labute approximate surface area is 105 Å². The molecule has 0 spiro atoms. The maximum atomic E-state index is 12.0. The van der Waals surface area contributed by atoms with Crippen molar-refractivity contribution in [3.05, 3.63) is 34.4 Å². The first-order chi connectivity index (χ1) is 8.19. The Morgan fingerprint density at radius 1 is 1.44 bits per heavy atom. The van der Waals surface area contributed by atoms with Gasteiger partial charge in [0.1, 0.15) is 5.75 Å². The van der Waals surface area contributed by atoms with Gasteiger partial charge in [-0.05, 0) is 30.7 Å².